The van der Waals surface area contributed by atoms with Crippen molar-refractivity contribution < 1.29 is 14.0 Å². The van der Waals surface area contributed by atoms with Crippen LogP contribution in [0.25, 0.3) is 0 Å². The zero-order chi connectivity index (χ0) is 19.1. The summed E-state index contributed by atoms with van der Waals surface area (Å²) < 4.78 is 12.9. The van der Waals surface area contributed by atoms with E-state index in [9.17, 15) is 14.0 Å². The summed E-state index contributed by atoms with van der Waals surface area (Å²) in [7, 11) is 3.71. The number of carbonyl (C=O) groups is 2. The monoisotopic (exact) mass is 357 g/mol. The summed E-state index contributed by atoms with van der Waals surface area (Å²) in [6, 6.07) is 12.7. The van der Waals surface area contributed by atoms with E-state index in [2.05, 4.69) is 10.6 Å². The SMILES string of the molecule is Cc1ccccc1[C@@H](C(=O)NCCNC(=O)c1ccc(F)cc1)N(C)C. The summed E-state index contributed by atoms with van der Waals surface area (Å²) in [6.07, 6.45) is 0. The van der Waals surface area contributed by atoms with Crippen LogP contribution in [0.4, 0.5) is 4.39 Å². The first-order chi connectivity index (χ1) is 12.4. The van der Waals surface area contributed by atoms with Gasteiger partial charge < -0.3 is 10.6 Å². The molecule has 0 bridgehead atoms. The fraction of sp³-hybridized carbons (Fsp3) is 0.300. The molecule has 0 aliphatic rings. The molecule has 2 aromatic rings. The number of hydrogen-bond donors (Lipinski definition) is 2. The van der Waals surface area contributed by atoms with E-state index in [0.717, 1.165) is 11.1 Å². The molecule has 0 aliphatic heterocycles. The third kappa shape index (κ3) is 5.13. The Labute approximate surface area is 153 Å². The zero-order valence-corrected chi connectivity index (χ0v) is 15.3. The molecule has 0 spiro atoms. The molecule has 138 valence electrons. The van der Waals surface area contributed by atoms with Crippen molar-refractivity contribution in [2.45, 2.75) is 13.0 Å². The van der Waals surface area contributed by atoms with Crippen LogP contribution < -0.4 is 10.6 Å². The van der Waals surface area contributed by atoms with E-state index in [-0.39, 0.29) is 24.2 Å². The first-order valence-corrected chi connectivity index (χ1v) is 8.43. The Morgan fingerprint density at radius 3 is 2.23 bits per heavy atom. The van der Waals surface area contributed by atoms with Gasteiger partial charge in [0.1, 0.15) is 11.9 Å². The quantitative estimate of drug-likeness (QED) is 0.748. The lowest BCUT2D eigenvalue weighted by molar-refractivity contribution is -0.125. The number of nitrogens with one attached hydrogen (secondary N) is 2. The van der Waals surface area contributed by atoms with Crippen LogP contribution in [0, 0.1) is 12.7 Å². The number of amides is 2. The Hall–Kier alpha value is -2.73. The lowest BCUT2D eigenvalue weighted by Gasteiger charge is -2.25. The van der Waals surface area contributed by atoms with Crippen molar-refractivity contribution in [1.82, 2.24) is 15.5 Å². The molecule has 0 aliphatic carbocycles. The fourth-order valence-electron chi connectivity index (χ4n) is 2.71. The van der Waals surface area contributed by atoms with Gasteiger partial charge in [0.2, 0.25) is 5.91 Å². The Balaban J connectivity index is 1.87. The number of likely N-dealkylation sites (N-methyl/N-ethyl adjacent to an activating group) is 1. The number of halogens is 1. The van der Waals surface area contributed by atoms with Crippen LogP contribution in [0.15, 0.2) is 48.5 Å². The first kappa shape index (κ1) is 19.6. The van der Waals surface area contributed by atoms with E-state index in [4.69, 9.17) is 0 Å². The highest BCUT2D eigenvalue weighted by molar-refractivity contribution is 5.94. The lowest BCUT2D eigenvalue weighted by atomic mass is 10.00. The van der Waals surface area contributed by atoms with Crippen molar-refractivity contribution in [3.05, 3.63) is 71.0 Å². The number of nitrogens with zero attached hydrogens (tertiary/aromatic N) is 1. The summed E-state index contributed by atoms with van der Waals surface area (Å²) in [5, 5.41) is 5.55. The molecule has 0 unspecified atom stereocenters. The minimum atomic E-state index is -0.399. The number of hydrogen-bond acceptors (Lipinski definition) is 3. The molecular weight excluding hydrogens is 333 g/mol. The highest BCUT2D eigenvalue weighted by Crippen LogP contribution is 2.21. The summed E-state index contributed by atoms with van der Waals surface area (Å²) in [5.41, 5.74) is 2.38. The second-order valence-corrected chi connectivity index (χ2v) is 6.28. The zero-order valence-electron chi connectivity index (χ0n) is 15.3. The van der Waals surface area contributed by atoms with Gasteiger partial charge in [0.05, 0.1) is 0 Å². The van der Waals surface area contributed by atoms with Crippen LogP contribution in [-0.4, -0.2) is 43.9 Å². The molecule has 1 atom stereocenters. The molecule has 0 saturated heterocycles. The molecule has 0 heterocycles. The highest BCUT2D eigenvalue weighted by atomic mass is 19.1. The smallest absolute Gasteiger partial charge is 0.251 e. The minimum Gasteiger partial charge on any atom is -0.353 e. The predicted molar refractivity (Wildman–Crippen MR) is 99.3 cm³/mol. The maximum atomic E-state index is 12.9. The van der Waals surface area contributed by atoms with Gasteiger partial charge >= 0.3 is 0 Å². The third-order valence-corrected chi connectivity index (χ3v) is 4.06. The summed E-state index contributed by atoms with van der Waals surface area (Å²) in [5.74, 6) is -0.817. The fourth-order valence-corrected chi connectivity index (χ4v) is 2.71. The predicted octanol–water partition coefficient (Wildman–Crippen LogP) is 2.28. The maximum absolute atomic E-state index is 12.9. The van der Waals surface area contributed by atoms with Gasteiger partial charge in [-0.2, -0.15) is 0 Å². The average Bonchev–Trinajstić information content (AvgIpc) is 2.60. The van der Waals surface area contributed by atoms with Crippen LogP contribution in [0.5, 0.6) is 0 Å². The van der Waals surface area contributed by atoms with Gasteiger partial charge in [-0.25, -0.2) is 4.39 Å². The van der Waals surface area contributed by atoms with Gasteiger partial charge in [0.15, 0.2) is 0 Å². The maximum Gasteiger partial charge on any atom is 0.251 e. The molecule has 6 heteroatoms. The second-order valence-electron chi connectivity index (χ2n) is 6.28. The Morgan fingerprint density at radius 1 is 1.00 bits per heavy atom. The van der Waals surface area contributed by atoms with Crippen LogP contribution in [0.2, 0.25) is 0 Å². The number of aryl methyl sites for hydroxylation is 1. The van der Waals surface area contributed by atoms with Crippen LogP contribution in [0.3, 0.4) is 0 Å². The molecule has 2 N–H and O–H groups in total. The van der Waals surface area contributed by atoms with Crippen molar-refractivity contribution in [2.75, 3.05) is 27.2 Å². The molecule has 0 aromatic heterocycles. The van der Waals surface area contributed by atoms with E-state index in [1.54, 1.807) is 0 Å². The van der Waals surface area contributed by atoms with Crippen LogP contribution in [-0.2, 0) is 4.79 Å². The number of carbonyl (C=O) groups excluding carboxylic acids is 2. The van der Waals surface area contributed by atoms with Crippen molar-refractivity contribution in [3.63, 3.8) is 0 Å². The van der Waals surface area contributed by atoms with Gasteiger partial charge in [-0.15, -0.1) is 0 Å². The first-order valence-electron chi connectivity index (χ1n) is 8.43. The Morgan fingerprint density at radius 2 is 1.62 bits per heavy atom. The average molecular weight is 357 g/mol. The van der Waals surface area contributed by atoms with E-state index in [0.29, 0.717) is 12.1 Å². The van der Waals surface area contributed by atoms with Crippen molar-refractivity contribution in [1.29, 1.82) is 0 Å². The highest BCUT2D eigenvalue weighted by Gasteiger charge is 2.23. The molecule has 2 rings (SSSR count). The van der Waals surface area contributed by atoms with Gasteiger partial charge in [0.25, 0.3) is 5.91 Å². The number of rotatable bonds is 7. The van der Waals surface area contributed by atoms with E-state index < -0.39 is 6.04 Å². The standard InChI is InChI=1S/C20H24FN3O2/c1-14-6-4-5-7-17(14)18(24(2)3)20(26)23-13-12-22-19(25)15-8-10-16(21)11-9-15/h4-11,18H,12-13H2,1-3H3,(H,22,25)(H,23,26)/t18-/m0/s1. The Bertz CT molecular complexity index is 760. The largest absolute Gasteiger partial charge is 0.353 e. The second kappa shape index (κ2) is 9.10. The molecule has 0 saturated carbocycles. The van der Waals surface area contributed by atoms with Gasteiger partial charge in [-0.05, 0) is 56.4 Å². The van der Waals surface area contributed by atoms with Crippen molar-refractivity contribution >= 4 is 11.8 Å². The Kier molecular flexibility index (Phi) is 6.86. The number of benzene rings is 2. The topological polar surface area (TPSA) is 61.4 Å². The molecule has 0 fully saturated rings. The van der Waals surface area contributed by atoms with E-state index >= 15 is 0 Å². The van der Waals surface area contributed by atoms with Gasteiger partial charge in [-0.1, -0.05) is 24.3 Å². The molecule has 5 nitrogen and oxygen atoms in total. The molecule has 2 aromatic carbocycles. The van der Waals surface area contributed by atoms with E-state index in [1.807, 2.05) is 50.2 Å². The van der Waals surface area contributed by atoms with Crippen LogP contribution >= 0.6 is 0 Å². The van der Waals surface area contributed by atoms with E-state index in [1.165, 1.54) is 24.3 Å². The summed E-state index contributed by atoms with van der Waals surface area (Å²) in [4.78, 5) is 26.4. The summed E-state index contributed by atoms with van der Waals surface area (Å²) in [6.45, 7) is 2.57. The minimum absolute atomic E-state index is 0.125. The summed E-state index contributed by atoms with van der Waals surface area (Å²) >= 11 is 0. The van der Waals surface area contributed by atoms with Crippen LogP contribution in [0.1, 0.15) is 27.5 Å². The lowest BCUT2D eigenvalue weighted by Crippen LogP contribution is -2.41. The molecular formula is C20H24FN3O2. The van der Waals surface area contributed by atoms with Crippen molar-refractivity contribution in [3.8, 4) is 0 Å². The molecule has 26 heavy (non-hydrogen) atoms. The van der Waals surface area contributed by atoms with Gasteiger partial charge in [-0.3, -0.25) is 14.5 Å². The van der Waals surface area contributed by atoms with Crippen molar-refractivity contribution in [2.24, 2.45) is 0 Å². The molecule has 0 radical (unpaired) electrons. The molecule has 2 amide bonds. The normalized spacial score (nSPS) is 11.9. The van der Waals surface area contributed by atoms with Gasteiger partial charge in [0, 0.05) is 18.7 Å². The third-order valence-electron chi connectivity index (χ3n) is 4.06.